The van der Waals surface area contributed by atoms with Gasteiger partial charge in [0.25, 0.3) is 0 Å². The normalized spacial score (nSPS) is 17.6. The van der Waals surface area contributed by atoms with Crippen LogP contribution in [0, 0.1) is 0 Å². The molecule has 0 aromatic heterocycles. The second kappa shape index (κ2) is 5.14. The zero-order valence-electron chi connectivity index (χ0n) is 7.77. The molecule has 0 atom stereocenters. The van der Waals surface area contributed by atoms with Crippen LogP contribution in [0.3, 0.4) is 0 Å². The molecule has 0 aromatic rings. The first-order chi connectivity index (χ1) is 6.34. The molecule has 0 unspecified atom stereocenters. The quantitative estimate of drug-likeness (QED) is 0.506. The van der Waals surface area contributed by atoms with Gasteiger partial charge in [0.1, 0.15) is 0 Å². The van der Waals surface area contributed by atoms with Crippen molar-refractivity contribution in [1.82, 2.24) is 0 Å². The van der Waals surface area contributed by atoms with Gasteiger partial charge in [-0.1, -0.05) is 30.4 Å². The summed E-state index contributed by atoms with van der Waals surface area (Å²) in [5.41, 5.74) is 7.58. The third-order valence-corrected chi connectivity index (χ3v) is 1.85. The Morgan fingerprint density at radius 1 is 1.46 bits per heavy atom. The van der Waals surface area contributed by atoms with Crippen molar-refractivity contribution >= 4 is 6.34 Å². The van der Waals surface area contributed by atoms with Gasteiger partial charge in [-0.3, -0.25) is 0 Å². The van der Waals surface area contributed by atoms with E-state index in [2.05, 4.69) is 17.1 Å². The third-order valence-electron chi connectivity index (χ3n) is 1.85. The summed E-state index contributed by atoms with van der Waals surface area (Å²) in [5.74, 6) is 0. The van der Waals surface area contributed by atoms with Gasteiger partial charge in [-0.25, -0.2) is 4.99 Å². The maximum atomic E-state index is 5.15. The highest BCUT2D eigenvalue weighted by Gasteiger charge is 1.97. The molecule has 0 heterocycles. The highest BCUT2D eigenvalue weighted by molar-refractivity contribution is 5.53. The molecule has 2 nitrogen and oxygen atoms in total. The smallest absolute Gasteiger partial charge is 0.0852 e. The Hall–Kier alpha value is -1.57. The van der Waals surface area contributed by atoms with Crippen LogP contribution < -0.4 is 5.73 Å². The molecule has 0 saturated heterocycles. The Labute approximate surface area is 78.9 Å². The van der Waals surface area contributed by atoms with Crippen molar-refractivity contribution in [1.29, 1.82) is 0 Å². The Balaban J connectivity index is 2.76. The van der Waals surface area contributed by atoms with Crippen molar-refractivity contribution in [2.75, 3.05) is 0 Å². The maximum Gasteiger partial charge on any atom is 0.0852 e. The molecule has 2 N–H and O–H groups in total. The third kappa shape index (κ3) is 3.11. The summed E-state index contributed by atoms with van der Waals surface area (Å²) < 4.78 is 0. The molecular weight excluding hydrogens is 160 g/mol. The molecule has 13 heavy (non-hydrogen) atoms. The Morgan fingerprint density at radius 3 is 3.08 bits per heavy atom. The van der Waals surface area contributed by atoms with Crippen LogP contribution in [0.4, 0.5) is 0 Å². The predicted octanol–water partition coefficient (Wildman–Crippen LogP) is 2.32. The molecule has 68 valence electrons. The summed E-state index contributed by atoms with van der Waals surface area (Å²) in [5, 5.41) is 0. The van der Waals surface area contributed by atoms with E-state index >= 15 is 0 Å². The van der Waals surface area contributed by atoms with Crippen LogP contribution in [-0.4, -0.2) is 6.34 Å². The van der Waals surface area contributed by atoms with Crippen molar-refractivity contribution in [3.63, 3.8) is 0 Å². The molecule has 2 heteroatoms. The second-order valence-electron chi connectivity index (χ2n) is 2.82. The molecule has 0 saturated carbocycles. The molecule has 0 spiro atoms. The summed E-state index contributed by atoms with van der Waals surface area (Å²) in [6.45, 7) is 2.03. The van der Waals surface area contributed by atoms with Crippen LogP contribution in [0.2, 0.25) is 0 Å². The number of allylic oxidation sites excluding steroid dienone is 7. The van der Waals surface area contributed by atoms with E-state index in [9.17, 15) is 0 Å². The molecule has 1 rings (SSSR count). The average Bonchev–Trinajstić information content (AvgIpc) is 2.42. The first kappa shape index (κ1) is 9.52. The monoisotopic (exact) mass is 174 g/mol. The van der Waals surface area contributed by atoms with Crippen LogP contribution in [0.5, 0.6) is 0 Å². The number of rotatable bonds is 2. The lowest BCUT2D eigenvalue weighted by atomic mass is 10.1. The van der Waals surface area contributed by atoms with Gasteiger partial charge in [0.2, 0.25) is 0 Å². The molecule has 0 amide bonds. The Kier molecular flexibility index (Phi) is 3.76. The molecule has 0 aromatic carbocycles. The minimum Gasteiger partial charge on any atom is -0.390 e. The predicted molar refractivity (Wildman–Crippen MR) is 57.4 cm³/mol. The number of nitrogens with two attached hydrogens (primary N) is 1. The SMILES string of the molecule is C/C(=C\N=CN)C1=CC=CC=CC1. The van der Waals surface area contributed by atoms with Crippen LogP contribution in [0.15, 0.2) is 52.7 Å². The lowest BCUT2D eigenvalue weighted by Crippen LogP contribution is -1.87. The van der Waals surface area contributed by atoms with E-state index in [4.69, 9.17) is 5.73 Å². The van der Waals surface area contributed by atoms with E-state index in [-0.39, 0.29) is 0 Å². The molecule has 0 fully saturated rings. The minimum atomic E-state index is 0.954. The van der Waals surface area contributed by atoms with Crippen LogP contribution in [0.25, 0.3) is 0 Å². The van der Waals surface area contributed by atoms with Crippen LogP contribution in [0.1, 0.15) is 13.3 Å². The van der Waals surface area contributed by atoms with Gasteiger partial charge in [0.05, 0.1) is 6.34 Å². The fraction of sp³-hybridized carbons (Fsp3) is 0.182. The molecule has 1 aliphatic rings. The summed E-state index contributed by atoms with van der Waals surface area (Å²) in [4.78, 5) is 3.88. The number of nitrogens with zero attached hydrogens (tertiary/aromatic N) is 1. The van der Waals surface area contributed by atoms with Gasteiger partial charge < -0.3 is 5.73 Å². The van der Waals surface area contributed by atoms with Gasteiger partial charge in [0, 0.05) is 6.20 Å². The zero-order valence-corrected chi connectivity index (χ0v) is 7.77. The Morgan fingerprint density at radius 2 is 2.31 bits per heavy atom. The standard InChI is InChI=1S/C11H14N2/c1-10(8-13-9-12)11-6-4-2-3-5-7-11/h2-6,8-9H,7H2,1H3,(H2,12,13)/b10-8+. The van der Waals surface area contributed by atoms with Crippen molar-refractivity contribution in [2.24, 2.45) is 10.7 Å². The van der Waals surface area contributed by atoms with Gasteiger partial charge in [0.15, 0.2) is 0 Å². The van der Waals surface area contributed by atoms with E-state index in [1.165, 1.54) is 11.9 Å². The number of hydrogen-bond acceptors (Lipinski definition) is 1. The summed E-state index contributed by atoms with van der Waals surface area (Å²) in [6.07, 6.45) is 14.3. The van der Waals surface area contributed by atoms with E-state index in [0.717, 1.165) is 12.0 Å². The lowest BCUT2D eigenvalue weighted by Gasteiger charge is -2.01. The number of hydrogen-bond donors (Lipinski definition) is 1. The molecule has 0 bridgehead atoms. The average molecular weight is 174 g/mol. The van der Waals surface area contributed by atoms with E-state index in [1.807, 2.05) is 25.2 Å². The first-order valence-corrected chi connectivity index (χ1v) is 4.27. The van der Waals surface area contributed by atoms with Gasteiger partial charge in [-0.2, -0.15) is 0 Å². The second-order valence-corrected chi connectivity index (χ2v) is 2.82. The highest BCUT2D eigenvalue weighted by atomic mass is 14.8. The van der Waals surface area contributed by atoms with Crippen molar-refractivity contribution in [2.45, 2.75) is 13.3 Å². The molecule has 1 aliphatic carbocycles. The van der Waals surface area contributed by atoms with E-state index in [0.29, 0.717) is 0 Å². The molecular formula is C11H14N2. The van der Waals surface area contributed by atoms with Crippen molar-refractivity contribution in [3.8, 4) is 0 Å². The first-order valence-electron chi connectivity index (χ1n) is 4.27. The maximum absolute atomic E-state index is 5.15. The minimum absolute atomic E-state index is 0.954. The number of aliphatic imine (C=N–C) groups is 1. The van der Waals surface area contributed by atoms with Crippen LogP contribution in [-0.2, 0) is 0 Å². The fourth-order valence-corrected chi connectivity index (χ4v) is 1.11. The molecule has 0 aliphatic heterocycles. The van der Waals surface area contributed by atoms with Crippen molar-refractivity contribution < 1.29 is 0 Å². The van der Waals surface area contributed by atoms with Gasteiger partial charge >= 0.3 is 0 Å². The fourth-order valence-electron chi connectivity index (χ4n) is 1.11. The largest absolute Gasteiger partial charge is 0.390 e. The zero-order chi connectivity index (χ0) is 9.52. The lowest BCUT2D eigenvalue weighted by molar-refractivity contribution is 1.20. The topological polar surface area (TPSA) is 38.4 Å². The summed E-state index contributed by atoms with van der Waals surface area (Å²) >= 11 is 0. The van der Waals surface area contributed by atoms with Gasteiger partial charge in [-0.15, -0.1) is 0 Å². The highest BCUT2D eigenvalue weighted by Crippen LogP contribution is 2.16. The van der Waals surface area contributed by atoms with E-state index < -0.39 is 0 Å². The molecule has 0 radical (unpaired) electrons. The Bertz CT molecular complexity index is 304. The van der Waals surface area contributed by atoms with Gasteiger partial charge in [-0.05, 0) is 24.5 Å². The summed E-state index contributed by atoms with van der Waals surface area (Å²) in [7, 11) is 0. The van der Waals surface area contributed by atoms with E-state index in [1.54, 1.807) is 6.20 Å². The summed E-state index contributed by atoms with van der Waals surface area (Å²) in [6, 6.07) is 0. The van der Waals surface area contributed by atoms with Crippen molar-refractivity contribution in [3.05, 3.63) is 47.7 Å². The van der Waals surface area contributed by atoms with Crippen LogP contribution >= 0.6 is 0 Å².